The molecule has 0 radical (unpaired) electrons. The summed E-state index contributed by atoms with van der Waals surface area (Å²) in [7, 11) is -3.53. The standard InChI is InChI=1S/C20H26N2O3S/c1-15(2)11-18(13-21)22-20(23)17-9-6-10-19(12-17)26(24,25)14-16-7-4-3-5-8-16/h3-10,12,15,18H,11,13-14,21H2,1-2H3,(H,22,23). The molecule has 0 heterocycles. The molecular weight excluding hydrogens is 348 g/mol. The third-order valence-corrected chi connectivity index (χ3v) is 5.72. The van der Waals surface area contributed by atoms with Crippen LogP contribution in [-0.4, -0.2) is 26.9 Å². The van der Waals surface area contributed by atoms with E-state index in [-0.39, 0.29) is 22.6 Å². The average Bonchev–Trinajstić information content (AvgIpc) is 2.61. The van der Waals surface area contributed by atoms with E-state index in [2.05, 4.69) is 19.2 Å². The first-order chi connectivity index (χ1) is 12.3. The molecule has 0 saturated heterocycles. The summed E-state index contributed by atoms with van der Waals surface area (Å²) in [6.45, 7) is 4.47. The van der Waals surface area contributed by atoms with Crippen LogP contribution >= 0.6 is 0 Å². The van der Waals surface area contributed by atoms with Gasteiger partial charge in [0.1, 0.15) is 0 Å². The summed E-state index contributed by atoms with van der Waals surface area (Å²) in [6.07, 6.45) is 0.772. The number of nitrogens with one attached hydrogen (secondary N) is 1. The van der Waals surface area contributed by atoms with E-state index in [0.29, 0.717) is 23.6 Å². The molecule has 6 heteroatoms. The number of amides is 1. The van der Waals surface area contributed by atoms with Gasteiger partial charge in [-0.2, -0.15) is 0 Å². The van der Waals surface area contributed by atoms with Crippen molar-refractivity contribution in [1.29, 1.82) is 0 Å². The molecule has 0 fully saturated rings. The lowest BCUT2D eigenvalue weighted by Gasteiger charge is -2.19. The van der Waals surface area contributed by atoms with Crippen LogP contribution in [0.5, 0.6) is 0 Å². The highest BCUT2D eigenvalue weighted by atomic mass is 32.2. The molecule has 0 saturated carbocycles. The molecule has 1 amide bonds. The highest BCUT2D eigenvalue weighted by molar-refractivity contribution is 7.90. The van der Waals surface area contributed by atoms with Crippen molar-refractivity contribution in [3.63, 3.8) is 0 Å². The summed E-state index contributed by atoms with van der Waals surface area (Å²) in [5, 5.41) is 2.88. The van der Waals surface area contributed by atoms with Crippen molar-refractivity contribution in [1.82, 2.24) is 5.32 Å². The van der Waals surface area contributed by atoms with Crippen LogP contribution in [0, 0.1) is 5.92 Å². The molecule has 0 bridgehead atoms. The summed E-state index contributed by atoms with van der Waals surface area (Å²) in [5.41, 5.74) is 6.75. The predicted molar refractivity (Wildman–Crippen MR) is 104 cm³/mol. The van der Waals surface area contributed by atoms with Crippen molar-refractivity contribution in [2.75, 3.05) is 6.54 Å². The van der Waals surface area contributed by atoms with Gasteiger partial charge in [0, 0.05) is 18.2 Å². The van der Waals surface area contributed by atoms with Crippen LogP contribution in [-0.2, 0) is 15.6 Å². The van der Waals surface area contributed by atoms with Gasteiger partial charge in [-0.25, -0.2) is 8.42 Å². The third-order valence-electron chi connectivity index (χ3n) is 4.03. The van der Waals surface area contributed by atoms with Gasteiger partial charge in [0.2, 0.25) is 0 Å². The first kappa shape index (κ1) is 20.1. The zero-order valence-electron chi connectivity index (χ0n) is 15.2. The van der Waals surface area contributed by atoms with Gasteiger partial charge in [0.15, 0.2) is 9.84 Å². The van der Waals surface area contributed by atoms with Crippen LogP contribution in [0.2, 0.25) is 0 Å². The number of benzene rings is 2. The minimum Gasteiger partial charge on any atom is -0.348 e. The largest absolute Gasteiger partial charge is 0.348 e. The third kappa shape index (κ3) is 5.68. The lowest BCUT2D eigenvalue weighted by Crippen LogP contribution is -2.41. The molecule has 5 nitrogen and oxygen atoms in total. The first-order valence-electron chi connectivity index (χ1n) is 8.69. The maximum Gasteiger partial charge on any atom is 0.251 e. The highest BCUT2D eigenvalue weighted by Gasteiger charge is 2.19. The summed E-state index contributed by atoms with van der Waals surface area (Å²) in [6, 6.07) is 15.0. The number of hydrogen-bond acceptors (Lipinski definition) is 4. The number of carbonyl (C=O) groups excluding carboxylic acids is 1. The summed E-state index contributed by atoms with van der Waals surface area (Å²) in [4.78, 5) is 12.6. The van der Waals surface area contributed by atoms with E-state index in [1.807, 2.05) is 6.07 Å². The van der Waals surface area contributed by atoms with Crippen molar-refractivity contribution in [3.8, 4) is 0 Å². The molecule has 2 rings (SSSR count). The Kier molecular flexibility index (Phi) is 6.94. The van der Waals surface area contributed by atoms with Gasteiger partial charge in [0.25, 0.3) is 5.91 Å². The van der Waals surface area contributed by atoms with Gasteiger partial charge >= 0.3 is 0 Å². The second kappa shape index (κ2) is 8.96. The molecule has 2 aromatic carbocycles. The van der Waals surface area contributed by atoms with Crippen LogP contribution < -0.4 is 11.1 Å². The van der Waals surface area contributed by atoms with Gasteiger partial charge in [-0.3, -0.25) is 4.79 Å². The minimum absolute atomic E-state index is 0.0995. The Morgan fingerprint density at radius 1 is 1.08 bits per heavy atom. The van der Waals surface area contributed by atoms with Crippen LogP contribution in [0.25, 0.3) is 0 Å². The lowest BCUT2D eigenvalue weighted by atomic mass is 10.0. The molecule has 26 heavy (non-hydrogen) atoms. The van der Waals surface area contributed by atoms with Crippen molar-refractivity contribution >= 4 is 15.7 Å². The molecule has 1 unspecified atom stereocenters. The average molecular weight is 375 g/mol. The number of nitrogens with two attached hydrogens (primary N) is 1. The fourth-order valence-electron chi connectivity index (χ4n) is 2.76. The second-order valence-corrected chi connectivity index (χ2v) is 8.80. The second-order valence-electron chi connectivity index (χ2n) is 6.81. The van der Waals surface area contributed by atoms with Crippen molar-refractivity contribution in [2.45, 2.75) is 37.0 Å². The maximum atomic E-state index is 12.6. The van der Waals surface area contributed by atoms with Crippen molar-refractivity contribution in [3.05, 3.63) is 65.7 Å². The molecule has 0 aliphatic rings. The molecule has 140 valence electrons. The zero-order valence-corrected chi connectivity index (χ0v) is 16.0. The fraction of sp³-hybridized carbons (Fsp3) is 0.350. The Morgan fingerprint density at radius 3 is 2.38 bits per heavy atom. The van der Waals surface area contributed by atoms with E-state index in [0.717, 1.165) is 6.42 Å². The quantitative estimate of drug-likeness (QED) is 0.743. The molecule has 1 atom stereocenters. The molecule has 0 aromatic heterocycles. The van der Waals surface area contributed by atoms with Crippen LogP contribution in [0.15, 0.2) is 59.5 Å². The number of sulfone groups is 1. The van der Waals surface area contributed by atoms with E-state index < -0.39 is 9.84 Å². The monoisotopic (exact) mass is 374 g/mol. The van der Waals surface area contributed by atoms with Gasteiger partial charge in [0.05, 0.1) is 10.6 Å². The van der Waals surface area contributed by atoms with Gasteiger partial charge < -0.3 is 11.1 Å². The van der Waals surface area contributed by atoms with Crippen molar-refractivity contribution < 1.29 is 13.2 Å². The highest BCUT2D eigenvalue weighted by Crippen LogP contribution is 2.18. The Hall–Kier alpha value is -2.18. The Labute approximate surface area is 155 Å². The zero-order chi connectivity index (χ0) is 19.2. The Bertz CT molecular complexity index is 833. The topological polar surface area (TPSA) is 89.3 Å². The van der Waals surface area contributed by atoms with Crippen LogP contribution in [0.1, 0.15) is 36.2 Å². The normalized spacial score (nSPS) is 12.8. The molecule has 3 N–H and O–H groups in total. The van der Waals surface area contributed by atoms with Crippen LogP contribution in [0.3, 0.4) is 0 Å². The number of hydrogen-bond donors (Lipinski definition) is 2. The number of carbonyl (C=O) groups is 1. The van der Waals surface area contributed by atoms with E-state index in [1.54, 1.807) is 36.4 Å². The Morgan fingerprint density at radius 2 is 1.77 bits per heavy atom. The summed E-state index contributed by atoms with van der Waals surface area (Å²) < 4.78 is 25.3. The lowest BCUT2D eigenvalue weighted by molar-refractivity contribution is 0.0933. The van der Waals surface area contributed by atoms with E-state index >= 15 is 0 Å². The van der Waals surface area contributed by atoms with E-state index in [9.17, 15) is 13.2 Å². The predicted octanol–water partition coefficient (Wildman–Crippen LogP) is 2.76. The number of rotatable bonds is 8. The smallest absolute Gasteiger partial charge is 0.251 e. The molecule has 0 spiro atoms. The van der Waals surface area contributed by atoms with Gasteiger partial charge in [-0.05, 0) is 36.1 Å². The van der Waals surface area contributed by atoms with Crippen LogP contribution in [0.4, 0.5) is 0 Å². The maximum absolute atomic E-state index is 12.6. The first-order valence-corrected chi connectivity index (χ1v) is 10.3. The van der Waals surface area contributed by atoms with Gasteiger partial charge in [-0.15, -0.1) is 0 Å². The SMILES string of the molecule is CC(C)CC(CN)NC(=O)c1cccc(S(=O)(=O)Cc2ccccc2)c1. The fourth-order valence-corrected chi connectivity index (χ4v) is 4.15. The summed E-state index contributed by atoms with van der Waals surface area (Å²) >= 11 is 0. The molecular formula is C20H26N2O3S. The molecule has 0 aliphatic heterocycles. The minimum atomic E-state index is -3.53. The molecule has 0 aliphatic carbocycles. The van der Waals surface area contributed by atoms with E-state index in [1.165, 1.54) is 12.1 Å². The summed E-state index contributed by atoms with van der Waals surface area (Å²) in [5.74, 6) is -0.00295. The van der Waals surface area contributed by atoms with E-state index in [4.69, 9.17) is 5.73 Å². The molecule has 2 aromatic rings. The Balaban J connectivity index is 2.17. The van der Waals surface area contributed by atoms with Gasteiger partial charge in [-0.1, -0.05) is 50.2 Å². The van der Waals surface area contributed by atoms with Crippen molar-refractivity contribution in [2.24, 2.45) is 11.7 Å².